The number of aromatic nitrogens is 2. The molecule has 144 valence electrons. The molecule has 0 spiro atoms. The van der Waals surface area contributed by atoms with Gasteiger partial charge in [-0.2, -0.15) is 5.10 Å². The molecule has 0 bridgehead atoms. The molecule has 1 aromatic carbocycles. The molecule has 0 amide bonds. The van der Waals surface area contributed by atoms with Crippen LogP contribution < -0.4 is 5.32 Å². The van der Waals surface area contributed by atoms with Crippen molar-refractivity contribution in [3.63, 3.8) is 0 Å². The highest BCUT2D eigenvalue weighted by Crippen LogP contribution is 2.07. The van der Waals surface area contributed by atoms with Gasteiger partial charge in [-0.15, -0.1) is 24.0 Å². The van der Waals surface area contributed by atoms with Crippen LogP contribution in [-0.4, -0.2) is 41.3 Å². The zero-order chi connectivity index (χ0) is 18.4. The molecule has 1 aromatic heterocycles. The topological polar surface area (TPSA) is 45.5 Å². The summed E-state index contributed by atoms with van der Waals surface area (Å²) in [5, 5.41) is 7.92. The van der Waals surface area contributed by atoms with Crippen LogP contribution in [0.4, 0.5) is 4.39 Å². The highest BCUT2D eigenvalue weighted by Gasteiger charge is 2.11. The first-order valence-electron chi connectivity index (χ1n) is 8.56. The third-order valence-electron chi connectivity index (χ3n) is 4.10. The van der Waals surface area contributed by atoms with Gasteiger partial charge in [-0.25, -0.2) is 4.39 Å². The summed E-state index contributed by atoms with van der Waals surface area (Å²) in [6, 6.07) is 8.65. The molecule has 0 saturated heterocycles. The zero-order valence-corrected chi connectivity index (χ0v) is 18.5. The molecular formula is C19H29FIN5. The van der Waals surface area contributed by atoms with Crippen LogP contribution >= 0.6 is 24.0 Å². The minimum Gasteiger partial charge on any atom is -0.356 e. The molecule has 0 saturated carbocycles. The average Bonchev–Trinajstić information content (AvgIpc) is 2.87. The predicted molar refractivity (Wildman–Crippen MR) is 116 cm³/mol. The third-order valence-corrected chi connectivity index (χ3v) is 4.10. The number of hydrogen-bond donors (Lipinski definition) is 1. The largest absolute Gasteiger partial charge is 0.356 e. The molecule has 1 N–H and O–H groups in total. The Morgan fingerprint density at radius 2 is 1.96 bits per heavy atom. The minimum atomic E-state index is -0.216. The van der Waals surface area contributed by atoms with Gasteiger partial charge in [0, 0.05) is 39.4 Å². The van der Waals surface area contributed by atoms with E-state index in [-0.39, 0.29) is 29.8 Å². The summed E-state index contributed by atoms with van der Waals surface area (Å²) < 4.78 is 15.1. The van der Waals surface area contributed by atoms with Crippen molar-refractivity contribution in [1.82, 2.24) is 20.0 Å². The van der Waals surface area contributed by atoms with E-state index < -0.39 is 0 Å². The van der Waals surface area contributed by atoms with Gasteiger partial charge in [0.15, 0.2) is 5.96 Å². The fraction of sp³-hybridized carbons (Fsp3) is 0.474. The Balaban J connectivity index is 0.00000338. The van der Waals surface area contributed by atoms with Crippen LogP contribution in [0.2, 0.25) is 0 Å². The lowest BCUT2D eigenvalue weighted by Gasteiger charge is -2.24. The lowest BCUT2D eigenvalue weighted by molar-refractivity contribution is 0.418. The van der Waals surface area contributed by atoms with Crippen LogP contribution in [0.1, 0.15) is 23.9 Å². The zero-order valence-electron chi connectivity index (χ0n) is 16.2. The van der Waals surface area contributed by atoms with Crippen molar-refractivity contribution in [2.24, 2.45) is 10.9 Å². The Morgan fingerprint density at radius 1 is 1.31 bits per heavy atom. The predicted octanol–water partition coefficient (Wildman–Crippen LogP) is 3.60. The van der Waals surface area contributed by atoms with E-state index in [1.165, 1.54) is 17.8 Å². The van der Waals surface area contributed by atoms with Crippen LogP contribution in [0.15, 0.2) is 35.3 Å². The molecule has 0 aliphatic heterocycles. The normalized spacial score (nSPS) is 12.5. The quantitative estimate of drug-likeness (QED) is 0.396. The Morgan fingerprint density at radius 3 is 2.50 bits per heavy atom. The molecule has 0 aliphatic rings. The number of guanidine groups is 1. The van der Waals surface area contributed by atoms with Crippen molar-refractivity contribution in [2.75, 3.05) is 20.6 Å². The van der Waals surface area contributed by atoms with E-state index >= 15 is 0 Å². The van der Waals surface area contributed by atoms with E-state index in [1.54, 1.807) is 19.2 Å². The second kappa shape index (κ2) is 10.5. The molecular weight excluding hydrogens is 444 g/mol. The van der Waals surface area contributed by atoms with E-state index in [0.29, 0.717) is 12.5 Å². The monoisotopic (exact) mass is 473 g/mol. The fourth-order valence-corrected chi connectivity index (χ4v) is 2.81. The van der Waals surface area contributed by atoms with Gasteiger partial charge in [-0.1, -0.05) is 19.1 Å². The highest BCUT2D eigenvalue weighted by atomic mass is 127. The van der Waals surface area contributed by atoms with Crippen molar-refractivity contribution in [1.29, 1.82) is 0 Å². The summed E-state index contributed by atoms with van der Waals surface area (Å²) in [5.74, 6) is 1.02. The number of rotatable bonds is 6. The summed E-state index contributed by atoms with van der Waals surface area (Å²) in [4.78, 5) is 6.37. The van der Waals surface area contributed by atoms with E-state index in [0.717, 1.165) is 30.3 Å². The van der Waals surface area contributed by atoms with Crippen molar-refractivity contribution in [3.8, 4) is 0 Å². The van der Waals surface area contributed by atoms with Gasteiger partial charge in [0.05, 0.1) is 5.69 Å². The molecule has 1 heterocycles. The summed E-state index contributed by atoms with van der Waals surface area (Å²) in [5.41, 5.74) is 3.28. The van der Waals surface area contributed by atoms with Crippen molar-refractivity contribution < 1.29 is 4.39 Å². The standard InChI is InChI=1S/C19H28FN5.HI/c1-14(12-25-16(3)10-15(2)23-25)11-22-19(21-4)24(5)13-17-6-8-18(20)9-7-17;/h6-10,14H,11-13H2,1-5H3,(H,21,22);1H. The number of halogens is 2. The number of hydrogen-bond acceptors (Lipinski definition) is 2. The van der Waals surface area contributed by atoms with Gasteiger partial charge in [-0.3, -0.25) is 9.67 Å². The van der Waals surface area contributed by atoms with Gasteiger partial charge < -0.3 is 10.2 Å². The van der Waals surface area contributed by atoms with E-state index in [1.807, 2.05) is 23.6 Å². The Labute approximate surface area is 172 Å². The third kappa shape index (κ3) is 6.59. The van der Waals surface area contributed by atoms with Crippen LogP contribution in [0.25, 0.3) is 0 Å². The average molecular weight is 473 g/mol. The second-order valence-corrected chi connectivity index (χ2v) is 6.63. The number of nitrogens with zero attached hydrogens (tertiary/aromatic N) is 4. The lowest BCUT2D eigenvalue weighted by Crippen LogP contribution is -2.40. The summed E-state index contributed by atoms with van der Waals surface area (Å²) in [6.07, 6.45) is 0. The van der Waals surface area contributed by atoms with Gasteiger partial charge >= 0.3 is 0 Å². The molecule has 1 unspecified atom stereocenters. The molecule has 1 atom stereocenters. The van der Waals surface area contributed by atoms with Crippen molar-refractivity contribution >= 4 is 29.9 Å². The summed E-state index contributed by atoms with van der Waals surface area (Å²) in [6.45, 7) is 8.63. The SMILES string of the molecule is CN=C(NCC(C)Cn1nc(C)cc1C)N(C)Cc1ccc(F)cc1.I. The molecule has 0 radical (unpaired) electrons. The van der Waals surface area contributed by atoms with Crippen molar-refractivity contribution in [2.45, 2.75) is 33.9 Å². The second-order valence-electron chi connectivity index (χ2n) is 6.63. The molecule has 7 heteroatoms. The van der Waals surface area contributed by atoms with Crippen LogP contribution in [0.5, 0.6) is 0 Å². The maximum atomic E-state index is 13.0. The van der Waals surface area contributed by atoms with Gasteiger partial charge in [-0.05, 0) is 43.5 Å². The Bertz CT molecular complexity index is 711. The number of benzene rings is 1. The minimum absolute atomic E-state index is 0. The molecule has 0 fully saturated rings. The number of aryl methyl sites for hydroxylation is 2. The molecule has 2 rings (SSSR count). The van der Waals surface area contributed by atoms with E-state index in [4.69, 9.17) is 0 Å². The first-order chi connectivity index (χ1) is 11.9. The van der Waals surface area contributed by atoms with Crippen LogP contribution in [0.3, 0.4) is 0 Å². The molecule has 0 aliphatic carbocycles. The Hall–Kier alpha value is -1.64. The lowest BCUT2D eigenvalue weighted by atomic mass is 10.2. The molecule has 2 aromatic rings. The smallest absolute Gasteiger partial charge is 0.193 e. The maximum absolute atomic E-state index is 13.0. The van der Waals surface area contributed by atoms with Gasteiger partial charge in [0.1, 0.15) is 5.82 Å². The maximum Gasteiger partial charge on any atom is 0.193 e. The molecule has 5 nitrogen and oxygen atoms in total. The highest BCUT2D eigenvalue weighted by molar-refractivity contribution is 14.0. The fourth-order valence-electron chi connectivity index (χ4n) is 2.81. The number of nitrogens with one attached hydrogen (secondary N) is 1. The summed E-state index contributed by atoms with van der Waals surface area (Å²) in [7, 11) is 3.75. The van der Waals surface area contributed by atoms with Crippen LogP contribution in [-0.2, 0) is 13.1 Å². The van der Waals surface area contributed by atoms with E-state index in [9.17, 15) is 4.39 Å². The van der Waals surface area contributed by atoms with E-state index in [2.05, 4.69) is 35.3 Å². The molecule has 26 heavy (non-hydrogen) atoms. The van der Waals surface area contributed by atoms with Gasteiger partial charge in [0.2, 0.25) is 0 Å². The first kappa shape index (κ1) is 22.4. The summed E-state index contributed by atoms with van der Waals surface area (Å²) >= 11 is 0. The van der Waals surface area contributed by atoms with Gasteiger partial charge in [0.25, 0.3) is 0 Å². The van der Waals surface area contributed by atoms with Crippen molar-refractivity contribution in [3.05, 3.63) is 53.1 Å². The number of aliphatic imine (C=N–C) groups is 1. The Kier molecular flexibility index (Phi) is 9.04. The first-order valence-corrected chi connectivity index (χ1v) is 8.56. The van der Waals surface area contributed by atoms with Crippen LogP contribution in [0, 0.1) is 25.6 Å².